The number of benzene rings is 2. The second kappa shape index (κ2) is 6.08. The first kappa shape index (κ1) is 13.8. The van der Waals surface area contributed by atoms with Gasteiger partial charge in [0.05, 0.1) is 26.0 Å². The van der Waals surface area contributed by atoms with Gasteiger partial charge in [-0.2, -0.15) is 5.10 Å². The third-order valence-electron chi connectivity index (χ3n) is 3.60. The van der Waals surface area contributed by atoms with Crippen molar-refractivity contribution in [3.05, 3.63) is 54.4 Å². The van der Waals surface area contributed by atoms with Crippen LogP contribution in [0.25, 0.3) is 21.9 Å². The molecule has 0 spiro atoms. The third-order valence-corrected chi connectivity index (χ3v) is 3.60. The zero-order chi connectivity index (χ0) is 14.7. The fourth-order valence-electron chi connectivity index (χ4n) is 2.49. The molecule has 0 aliphatic carbocycles. The summed E-state index contributed by atoms with van der Waals surface area (Å²) in [6, 6.07) is 12.2. The first-order valence-corrected chi connectivity index (χ1v) is 6.96. The van der Waals surface area contributed by atoms with Crippen molar-refractivity contribution < 1.29 is 9.84 Å². The van der Waals surface area contributed by atoms with Crippen molar-refractivity contribution >= 4 is 10.8 Å². The molecule has 3 rings (SSSR count). The highest BCUT2D eigenvalue weighted by Crippen LogP contribution is 2.29. The number of fused-ring (bicyclic) bond motifs is 1. The van der Waals surface area contributed by atoms with Gasteiger partial charge in [-0.1, -0.05) is 30.3 Å². The maximum atomic E-state index is 9.24. The van der Waals surface area contributed by atoms with E-state index < -0.39 is 0 Å². The van der Waals surface area contributed by atoms with Crippen LogP contribution in [0.1, 0.15) is 5.56 Å². The minimum absolute atomic E-state index is 0.0646. The Morgan fingerprint density at radius 2 is 2.14 bits per heavy atom. The molecule has 0 unspecified atom stereocenters. The van der Waals surface area contributed by atoms with E-state index in [0.717, 1.165) is 28.6 Å². The number of ether oxygens (including phenoxy) is 1. The van der Waals surface area contributed by atoms with Gasteiger partial charge in [-0.25, -0.2) is 0 Å². The summed E-state index contributed by atoms with van der Waals surface area (Å²) in [6.45, 7) is 1.46. The highest BCUT2D eigenvalue weighted by Gasteiger charge is 2.07. The molecule has 0 bridgehead atoms. The normalized spacial score (nSPS) is 11.1. The van der Waals surface area contributed by atoms with E-state index in [0.29, 0.717) is 6.61 Å². The molecule has 1 aromatic heterocycles. The van der Waals surface area contributed by atoms with Crippen molar-refractivity contribution in [1.29, 1.82) is 0 Å². The smallest absolute Gasteiger partial charge is 0.0682 e. The number of aliphatic hydroxyl groups is 1. The number of rotatable bonds is 5. The standard InChI is InChI=1S/C17H18N2O2/c1-21-8-7-19-11-15(10-18-19)16-4-2-3-14-9-13(12-20)5-6-17(14)16/h2-6,9-11,20H,7-8,12H2,1H3. The van der Waals surface area contributed by atoms with E-state index in [2.05, 4.69) is 23.3 Å². The van der Waals surface area contributed by atoms with Gasteiger partial charge in [-0.05, 0) is 28.0 Å². The number of aliphatic hydroxyl groups excluding tert-OH is 1. The van der Waals surface area contributed by atoms with Gasteiger partial charge in [0, 0.05) is 18.9 Å². The largest absolute Gasteiger partial charge is 0.392 e. The molecule has 1 N–H and O–H groups in total. The van der Waals surface area contributed by atoms with Crippen LogP contribution < -0.4 is 0 Å². The molecule has 0 aliphatic heterocycles. The Morgan fingerprint density at radius 3 is 2.95 bits per heavy atom. The van der Waals surface area contributed by atoms with Gasteiger partial charge in [-0.3, -0.25) is 4.68 Å². The molecule has 0 saturated carbocycles. The van der Waals surface area contributed by atoms with Crippen LogP contribution in [-0.2, 0) is 17.9 Å². The van der Waals surface area contributed by atoms with Crippen LogP contribution in [-0.4, -0.2) is 28.6 Å². The molecule has 0 fully saturated rings. The monoisotopic (exact) mass is 282 g/mol. The van der Waals surface area contributed by atoms with E-state index in [-0.39, 0.29) is 6.61 Å². The molecule has 0 saturated heterocycles. The number of aromatic nitrogens is 2. The lowest BCUT2D eigenvalue weighted by Crippen LogP contribution is -2.03. The molecule has 2 aromatic carbocycles. The van der Waals surface area contributed by atoms with Crippen molar-refractivity contribution in [1.82, 2.24) is 9.78 Å². The van der Waals surface area contributed by atoms with E-state index in [1.807, 2.05) is 35.3 Å². The summed E-state index contributed by atoms with van der Waals surface area (Å²) in [6.07, 6.45) is 3.91. The van der Waals surface area contributed by atoms with Crippen molar-refractivity contribution in [2.75, 3.05) is 13.7 Å². The summed E-state index contributed by atoms with van der Waals surface area (Å²) in [4.78, 5) is 0. The summed E-state index contributed by atoms with van der Waals surface area (Å²) in [5.41, 5.74) is 3.17. The van der Waals surface area contributed by atoms with Crippen molar-refractivity contribution in [2.24, 2.45) is 0 Å². The SMILES string of the molecule is COCCn1cc(-c2cccc3cc(CO)ccc23)cn1. The fraction of sp³-hybridized carbons (Fsp3) is 0.235. The van der Waals surface area contributed by atoms with Gasteiger partial charge in [0.15, 0.2) is 0 Å². The first-order valence-electron chi connectivity index (χ1n) is 6.96. The van der Waals surface area contributed by atoms with Gasteiger partial charge in [0.1, 0.15) is 0 Å². The van der Waals surface area contributed by atoms with Crippen LogP contribution in [0.4, 0.5) is 0 Å². The summed E-state index contributed by atoms with van der Waals surface area (Å²) < 4.78 is 6.96. The van der Waals surface area contributed by atoms with Crippen molar-refractivity contribution in [3.63, 3.8) is 0 Å². The number of hydrogen-bond acceptors (Lipinski definition) is 3. The van der Waals surface area contributed by atoms with E-state index >= 15 is 0 Å². The van der Waals surface area contributed by atoms with Gasteiger partial charge in [-0.15, -0.1) is 0 Å². The number of methoxy groups -OCH3 is 1. The molecule has 3 aromatic rings. The molecule has 0 aliphatic rings. The Morgan fingerprint density at radius 1 is 1.24 bits per heavy atom. The Kier molecular flexibility index (Phi) is 3.99. The quantitative estimate of drug-likeness (QED) is 0.782. The van der Waals surface area contributed by atoms with Crippen LogP contribution >= 0.6 is 0 Å². The maximum Gasteiger partial charge on any atom is 0.0682 e. The van der Waals surface area contributed by atoms with Crippen molar-refractivity contribution in [2.45, 2.75) is 13.2 Å². The fourth-order valence-corrected chi connectivity index (χ4v) is 2.49. The number of nitrogens with zero attached hydrogens (tertiary/aromatic N) is 2. The summed E-state index contributed by atoms with van der Waals surface area (Å²) >= 11 is 0. The molecule has 21 heavy (non-hydrogen) atoms. The second-order valence-corrected chi connectivity index (χ2v) is 5.00. The molecule has 4 heteroatoms. The van der Waals surface area contributed by atoms with Gasteiger partial charge < -0.3 is 9.84 Å². The third kappa shape index (κ3) is 2.82. The molecule has 4 nitrogen and oxygen atoms in total. The lowest BCUT2D eigenvalue weighted by atomic mass is 9.99. The number of hydrogen-bond donors (Lipinski definition) is 1. The van der Waals surface area contributed by atoms with E-state index in [9.17, 15) is 5.11 Å². The van der Waals surface area contributed by atoms with Gasteiger partial charge in [0.2, 0.25) is 0 Å². The van der Waals surface area contributed by atoms with E-state index in [1.54, 1.807) is 7.11 Å². The first-order chi connectivity index (χ1) is 10.3. The summed E-state index contributed by atoms with van der Waals surface area (Å²) in [7, 11) is 1.69. The molecular formula is C17H18N2O2. The highest BCUT2D eigenvalue weighted by molar-refractivity contribution is 5.96. The van der Waals surface area contributed by atoms with Crippen LogP contribution in [0.3, 0.4) is 0 Å². The maximum absolute atomic E-state index is 9.24. The Balaban J connectivity index is 2.01. The molecule has 108 valence electrons. The molecule has 1 heterocycles. The van der Waals surface area contributed by atoms with Crippen molar-refractivity contribution in [3.8, 4) is 11.1 Å². The van der Waals surface area contributed by atoms with Gasteiger partial charge in [0.25, 0.3) is 0 Å². The Bertz CT molecular complexity index is 749. The lowest BCUT2D eigenvalue weighted by Gasteiger charge is -2.06. The predicted molar refractivity (Wildman–Crippen MR) is 83.0 cm³/mol. The summed E-state index contributed by atoms with van der Waals surface area (Å²) in [5, 5.41) is 15.9. The molecule has 0 amide bonds. The molecule has 0 atom stereocenters. The van der Waals surface area contributed by atoms with Crippen LogP contribution in [0.15, 0.2) is 48.8 Å². The van der Waals surface area contributed by atoms with Crippen LogP contribution in [0.2, 0.25) is 0 Å². The molecule has 0 radical (unpaired) electrons. The average molecular weight is 282 g/mol. The van der Waals surface area contributed by atoms with Crippen LogP contribution in [0, 0.1) is 0 Å². The van der Waals surface area contributed by atoms with Gasteiger partial charge >= 0.3 is 0 Å². The zero-order valence-electron chi connectivity index (χ0n) is 12.0. The zero-order valence-corrected chi connectivity index (χ0v) is 12.0. The highest BCUT2D eigenvalue weighted by atomic mass is 16.5. The average Bonchev–Trinajstić information content (AvgIpc) is 3.00. The van der Waals surface area contributed by atoms with E-state index in [4.69, 9.17) is 4.74 Å². The second-order valence-electron chi connectivity index (χ2n) is 5.00. The molecular weight excluding hydrogens is 264 g/mol. The lowest BCUT2D eigenvalue weighted by molar-refractivity contribution is 0.183. The van der Waals surface area contributed by atoms with E-state index in [1.165, 1.54) is 5.39 Å². The minimum atomic E-state index is 0.0646. The summed E-state index contributed by atoms with van der Waals surface area (Å²) in [5.74, 6) is 0. The predicted octanol–water partition coefficient (Wildman–Crippen LogP) is 2.84. The topological polar surface area (TPSA) is 47.3 Å². The Hall–Kier alpha value is -2.17. The Labute approximate surface area is 123 Å². The van der Waals surface area contributed by atoms with Crippen LogP contribution in [0.5, 0.6) is 0 Å². The minimum Gasteiger partial charge on any atom is -0.392 e.